The lowest BCUT2D eigenvalue weighted by molar-refractivity contribution is 0.121. The maximum Gasteiger partial charge on any atom is 0.228 e. The summed E-state index contributed by atoms with van der Waals surface area (Å²) in [6.07, 6.45) is 0. The van der Waals surface area contributed by atoms with Gasteiger partial charge in [-0.3, -0.25) is 4.57 Å². The molecule has 3 rings (SSSR count). The molecule has 23 heavy (non-hydrogen) atoms. The fourth-order valence-corrected chi connectivity index (χ4v) is 3.18. The van der Waals surface area contributed by atoms with Crippen LogP contribution in [-0.4, -0.2) is 46.3 Å². The average Bonchev–Trinajstić information content (AvgIpc) is 2.99. The van der Waals surface area contributed by atoms with Crippen LogP contribution in [0.2, 0.25) is 0 Å². The van der Waals surface area contributed by atoms with E-state index in [0.717, 1.165) is 24.2 Å². The summed E-state index contributed by atoms with van der Waals surface area (Å²) in [6, 6.07) is 12.5. The van der Waals surface area contributed by atoms with E-state index in [-0.39, 0.29) is 5.25 Å². The molecule has 1 fully saturated rings. The van der Waals surface area contributed by atoms with Crippen molar-refractivity contribution < 1.29 is 4.74 Å². The van der Waals surface area contributed by atoms with Crippen molar-refractivity contribution in [3.8, 4) is 6.07 Å². The first-order valence-electron chi connectivity index (χ1n) is 7.64. The number of nitrogens with zero attached hydrogens (tertiary/aromatic N) is 5. The number of hydrogen-bond acceptors (Lipinski definition) is 6. The zero-order valence-electron chi connectivity index (χ0n) is 13.1. The zero-order valence-corrected chi connectivity index (χ0v) is 13.9. The van der Waals surface area contributed by atoms with Gasteiger partial charge in [0.1, 0.15) is 0 Å². The minimum atomic E-state index is -0.161. The monoisotopic (exact) mass is 329 g/mol. The highest BCUT2D eigenvalue weighted by Crippen LogP contribution is 2.26. The van der Waals surface area contributed by atoms with E-state index in [2.05, 4.69) is 37.9 Å². The first kappa shape index (κ1) is 15.8. The Morgan fingerprint density at radius 1 is 1.26 bits per heavy atom. The Balaban J connectivity index is 1.90. The third-order valence-electron chi connectivity index (χ3n) is 3.64. The number of nitriles is 1. The molecule has 0 spiro atoms. The van der Waals surface area contributed by atoms with Crippen LogP contribution in [0.1, 0.15) is 12.5 Å². The lowest BCUT2D eigenvalue weighted by Gasteiger charge is -2.28. The van der Waals surface area contributed by atoms with Gasteiger partial charge < -0.3 is 9.64 Å². The van der Waals surface area contributed by atoms with Crippen LogP contribution in [0.25, 0.3) is 0 Å². The molecule has 1 aliphatic rings. The van der Waals surface area contributed by atoms with Crippen LogP contribution in [0.5, 0.6) is 0 Å². The normalized spacial score (nSPS) is 16.1. The van der Waals surface area contributed by atoms with Gasteiger partial charge in [0.15, 0.2) is 5.16 Å². The van der Waals surface area contributed by atoms with Crippen LogP contribution < -0.4 is 4.90 Å². The Hall–Kier alpha value is -2.04. The molecule has 0 N–H and O–H groups in total. The smallest absolute Gasteiger partial charge is 0.228 e. The van der Waals surface area contributed by atoms with Crippen LogP contribution >= 0.6 is 11.8 Å². The van der Waals surface area contributed by atoms with Crippen LogP contribution in [-0.2, 0) is 11.3 Å². The van der Waals surface area contributed by atoms with Gasteiger partial charge in [0.25, 0.3) is 0 Å². The lowest BCUT2D eigenvalue weighted by Crippen LogP contribution is -2.38. The van der Waals surface area contributed by atoms with Crippen molar-refractivity contribution in [3.05, 3.63) is 35.9 Å². The second-order valence-electron chi connectivity index (χ2n) is 5.34. The topological polar surface area (TPSA) is 67.0 Å². The molecule has 1 saturated heterocycles. The van der Waals surface area contributed by atoms with Crippen molar-refractivity contribution in [1.82, 2.24) is 14.8 Å². The molecule has 2 aromatic rings. The number of ether oxygens (including phenoxy) is 1. The number of benzene rings is 1. The largest absolute Gasteiger partial charge is 0.378 e. The van der Waals surface area contributed by atoms with Gasteiger partial charge in [-0.25, -0.2) is 0 Å². The van der Waals surface area contributed by atoms with E-state index < -0.39 is 0 Å². The Labute approximate surface area is 140 Å². The number of thioether (sulfide) groups is 1. The summed E-state index contributed by atoms with van der Waals surface area (Å²) in [4.78, 5) is 2.19. The SMILES string of the molecule is CC(C#N)Sc1nnc(N2CCOCC2)n1Cc1ccccc1. The van der Waals surface area contributed by atoms with Crippen molar-refractivity contribution in [3.63, 3.8) is 0 Å². The maximum absolute atomic E-state index is 9.08. The molecule has 0 bridgehead atoms. The molecule has 1 unspecified atom stereocenters. The van der Waals surface area contributed by atoms with Gasteiger partial charge in [0.2, 0.25) is 5.95 Å². The maximum atomic E-state index is 9.08. The third-order valence-corrected chi connectivity index (χ3v) is 4.61. The van der Waals surface area contributed by atoms with Gasteiger partial charge in [-0.05, 0) is 12.5 Å². The molecule has 7 heteroatoms. The highest BCUT2D eigenvalue weighted by atomic mass is 32.2. The van der Waals surface area contributed by atoms with E-state index in [0.29, 0.717) is 19.8 Å². The summed E-state index contributed by atoms with van der Waals surface area (Å²) in [5, 5.41) is 18.4. The molecular weight excluding hydrogens is 310 g/mol. The van der Waals surface area contributed by atoms with E-state index in [1.807, 2.05) is 25.1 Å². The lowest BCUT2D eigenvalue weighted by atomic mass is 10.2. The predicted octanol–water partition coefficient (Wildman–Crippen LogP) is 2.17. The zero-order chi connectivity index (χ0) is 16.1. The highest BCUT2D eigenvalue weighted by Gasteiger charge is 2.21. The standard InChI is InChI=1S/C16H19N5OS/c1-13(11-17)23-16-19-18-15(20-7-9-22-10-8-20)21(16)12-14-5-3-2-4-6-14/h2-6,13H,7-10,12H2,1H3. The summed E-state index contributed by atoms with van der Waals surface area (Å²) in [5.41, 5.74) is 1.19. The molecular formula is C16H19N5OS. The number of morpholine rings is 1. The van der Waals surface area contributed by atoms with Gasteiger partial charge in [-0.1, -0.05) is 42.1 Å². The number of hydrogen-bond donors (Lipinski definition) is 0. The van der Waals surface area contributed by atoms with Crippen LogP contribution in [0.4, 0.5) is 5.95 Å². The number of rotatable bonds is 5. The predicted molar refractivity (Wildman–Crippen MR) is 89.5 cm³/mol. The van der Waals surface area contributed by atoms with E-state index in [9.17, 15) is 0 Å². The molecule has 1 aromatic heterocycles. The van der Waals surface area contributed by atoms with Crippen molar-refractivity contribution in [2.45, 2.75) is 23.9 Å². The minimum Gasteiger partial charge on any atom is -0.378 e. The Morgan fingerprint density at radius 2 is 2.00 bits per heavy atom. The van der Waals surface area contributed by atoms with E-state index in [4.69, 9.17) is 10.00 Å². The van der Waals surface area contributed by atoms with E-state index in [1.165, 1.54) is 17.3 Å². The summed E-state index contributed by atoms with van der Waals surface area (Å²) >= 11 is 1.44. The van der Waals surface area contributed by atoms with Gasteiger partial charge >= 0.3 is 0 Å². The van der Waals surface area contributed by atoms with Gasteiger partial charge in [0.05, 0.1) is 31.1 Å². The molecule has 1 aliphatic heterocycles. The molecule has 6 nitrogen and oxygen atoms in total. The average molecular weight is 329 g/mol. The van der Waals surface area contributed by atoms with Crippen molar-refractivity contribution >= 4 is 17.7 Å². The van der Waals surface area contributed by atoms with Crippen LogP contribution in [0, 0.1) is 11.3 Å². The third kappa shape index (κ3) is 3.84. The summed E-state index contributed by atoms with van der Waals surface area (Å²) in [5.74, 6) is 0.852. The first-order chi connectivity index (χ1) is 11.3. The molecule has 0 radical (unpaired) electrons. The summed E-state index contributed by atoms with van der Waals surface area (Å²) in [7, 11) is 0. The van der Waals surface area contributed by atoms with Crippen molar-refractivity contribution in [2.24, 2.45) is 0 Å². The number of aromatic nitrogens is 3. The van der Waals surface area contributed by atoms with Gasteiger partial charge in [0, 0.05) is 13.1 Å². The highest BCUT2D eigenvalue weighted by molar-refractivity contribution is 8.00. The van der Waals surface area contributed by atoms with E-state index in [1.54, 1.807) is 0 Å². The molecule has 1 aromatic carbocycles. The molecule has 2 heterocycles. The minimum absolute atomic E-state index is 0.161. The van der Waals surface area contributed by atoms with Crippen LogP contribution in [0.15, 0.2) is 35.5 Å². The van der Waals surface area contributed by atoms with Gasteiger partial charge in [-0.2, -0.15) is 5.26 Å². The fourth-order valence-electron chi connectivity index (χ4n) is 2.45. The van der Waals surface area contributed by atoms with E-state index >= 15 is 0 Å². The van der Waals surface area contributed by atoms with Crippen molar-refractivity contribution in [1.29, 1.82) is 5.26 Å². The Morgan fingerprint density at radius 3 is 2.70 bits per heavy atom. The molecule has 0 amide bonds. The second-order valence-corrected chi connectivity index (χ2v) is 6.65. The Bertz CT molecular complexity index is 676. The molecule has 1 atom stereocenters. The first-order valence-corrected chi connectivity index (χ1v) is 8.52. The fraction of sp³-hybridized carbons (Fsp3) is 0.438. The van der Waals surface area contributed by atoms with Crippen LogP contribution in [0.3, 0.4) is 0 Å². The summed E-state index contributed by atoms with van der Waals surface area (Å²) in [6.45, 7) is 5.60. The molecule has 120 valence electrons. The quantitative estimate of drug-likeness (QED) is 0.783. The summed E-state index contributed by atoms with van der Waals surface area (Å²) < 4.78 is 7.52. The van der Waals surface area contributed by atoms with Gasteiger partial charge in [-0.15, -0.1) is 10.2 Å². The van der Waals surface area contributed by atoms with Crippen molar-refractivity contribution in [2.75, 3.05) is 31.2 Å². The Kier molecular flexibility index (Phi) is 5.16. The number of anilines is 1. The molecule has 0 aliphatic carbocycles. The second kappa shape index (κ2) is 7.49. The molecule has 0 saturated carbocycles.